The molecular weight excluding hydrogens is 362 g/mol. The number of hydrogen-bond acceptors (Lipinski definition) is 1. The Balaban J connectivity index is 1.41. The molecule has 2 unspecified atom stereocenters. The van der Waals surface area contributed by atoms with Crippen molar-refractivity contribution in [3.63, 3.8) is 0 Å². The normalized spacial score (nSPS) is 29.4. The van der Waals surface area contributed by atoms with Gasteiger partial charge in [-0.1, -0.05) is 89.5 Å². The van der Waals surface area contributed by atoms with Gasteiger partial charge in [0, 0.05) is 0 Å². The molecule has 0 amide bonds. The Kier molecular flexibility index (Phi) is 9.29. The van der Waals surface area contributed by atoms with Gasteiger partial charge in [-0.3, -0.25) is 0 Å². The van der Waals surface area contributed by atoms with E-state index in [0.29, 0.717) is 5.92 Å². The summed E-state index contributed by atoms with van der Waals surface area (Å²) in [6, 6.07) is 12.2. The van der Waals surface area contributed by atoms with E-state index in [1.54, 1.807) is 5.56 Å². The summed E-state index contributed by atoms with van der Waals surface area (Å²) in [7, 11) is 0. The van der Waals surface area contributed by atoms with Crippen molar-refractivity contribution in [2.45, 2.75) is 122 Å². The van der Waals surface area contributed by atoms with Crippen LogP contribution in [0.25, 0.3) is 0 Å². The van der Waals surface area contributed by atoms with Crippen molar-refractivity contribution in [2.24, 2.45) is 17.3 Å². The lowest BCUT2D eigenvalue weighted by Crippen LogP contribution is -2.26. The Morgan fingerprint density at radius 1 is 0.967 bits per heavy atom. The number of nitriles is 1. The van der Waals surface area contributed by atoms with Crippen LogP contribution in [0.4, 0.5) is 0 Å². The first-order chi connectivity index (χ1) is 14.6. The molecule has 1 heteroatoms. The fraction of sp³-hybridized carbons (Fsp3) is 0.759. The minimum atomic E-state index is -0.0642. The lowest BCUT2D eigenvalue weighted by atomic mass is 9.68. The zero-order valence-corrected chi connectivity index (χ0v) is 19.8. The van der Waals surface area contributed by atoms with E-state index in [0.717, 1.165) is 37.5 Å². The van der Waals surface area contributed by atoms with Gasteiger partial charge < -0.3 is 0 Å². The fourth-order valence-electron chi connectivity index (χ4n) is 6.21. The third kappa shape index (κ3) is 6.87. The van der Waals surface area contributed by atoms with Gasteiger partial charge in [-0.05, 0) is 80.2 Å². The van der Waals surface area contributed by atoms with Gasteiger partial charge in [0.05, 0.1) is 11.5 Å². The quantitative estimate of drug-likeness (QED) is 0.355. The van der Waals surface area contributed by atoms with E-state index in [-0.39, 0.29) is 5.41 Å². The van der Waals surface area contributed by atoms with Crippen LogP contribution in [0.3, 0.4) is 0 Å². The Labute approximate surface area is 186 Å². The van der Waals surface area contributed by atoms with Crippen molar-refractivity contribution in [3.05, 3.63) is 35.4 Å². The van der Waals surface area contributed by atoms with Gasteiger partial charge >= 0.3 is 0 Å². The molecule has 2 aliphatic carbocycles. The molecule has 30 heavy (non-hydrogen) atoms. The second-order valence-corrected chi connectivity index (χ2v) is 10.8. The Morgan fingerprint density at radius 2 is 1.70 bits per heavy atom. The maximum atomic E-state index is 9.82. The predicted molar refractivity (Wildman–Crippen MR) is 129 cm³/mol. The molecular formula is C29H45N. The van der Waals surface area contributed by atoms with Crippen molar-refractivity contribution in [3.8, 4) is 6.07 Å². The SMILES string of the molecule is CCCCCCCC1CCC(c2ccc(CCC3(C#N)CCCC(C)C3)cc2)CC1. The van der Waals surface area contributed by atoms with Crippen molar-refractivity contribution in [1.29, 1.82) is 5.26 Å². The summed E-state index contributed by atoms with van der Waals surface area (Å²) in [6.45, 7) is 4.62. The first kappa shape index (κ1) is 23.4. The molecule has 0 heterocycles. The molecule has 2 saturated carbocycles. The zero-order chi connectivity index (χ0) is 21.2. The molecule has 0 spiro atoms. The topological polar surface area (TPSA) is 23.8 Å². The van der Waals surface area contributed by atoms with E-state index >= 15 is 0 Å². The molecule has 0 aromatic heterocycles. The van der Waals surface area contributed by atoms with Gasteiger partial charge in [0.1, 0.15) is 0 Å². The number of aryl methyl sites for hydroxylation is 1. The highest BCUT2D eigenvalue weighted by Crippen LogP contribution is 2.42. The van der Waals surface area contributed by atoms with E-state index < -0.39 is 0 Å². The van der Waals surface area contributed by atoms with E-state index in [4.69, 9.17) is 0 Å². The third-order valence-corrected chi connectivity index (χ3v) is 8.23. The number of rotatable bonds is 10. The van der Waals surface area contributed by atoms with Crippen LogP contribution in [0.5, 0.6) is 0 Å². The summed E-state index contributed by atoms with van der Waals surface area (Å²) in [4.78, 5) is 0. The third-order valence-electron chi connectivity index (χ3n) is 8.23. The van der Waals surface area contributed by atoms with Crippen LogP contribution in [0, 0.1) is 28.6 Å². The molecule has 0 radical (unpaired) electrons. The van der Waals surface area contributed by atoms with Gasteiger partial charge in [0.15, 0.2) is 0 Å². The summed E-state index contributed by atoms with van der Waals surface area (Å²) < 4.78 is 0. The molecule has 0 saturated heterocycles. The molecule has 1 nitrogen and oxygen atoms in total. The molecule has 0 bridgehead atoms. The predicted octanol–water partition coefficient (Wildman–Crippen LogP) is 8.97. The van der Waals surface area contributed by atoms with Crippen LogP contribution in [-0.2, 0) is 6.42 Å². The van der Waals surface area contributed by atoms with E-state index in [1.807, 2.05) is 0 Å². The summed E-state index contributed by atoms with van der Waals surface area (Å²) >= 11 is 0. The lowest BCUT2D eigenvalue weighted by Gasteiger charge is -2.34. The van der Waals surface area contributed by atoms with E-state index in [2.05, 4.69) is 44.2 Å². The summed E-state index contributed by atoms with van der Waals surface area (Å²) in [6.07, 6.45) is 21.0. The molecule has 3 rings (SSSR count). The average Bonchev–Trinajstić information content (AvgIpc) is 2.78. The smallest absolute Gasteiger partial charge is 0.0689 e. The van der Waals surface area contributed by atoms with Gasteiger partial charge in [-0.2, -0.15) is 5.26 Å². The van der Waals surface area contributed by atoms with Crippen LogP contribution in [0.15, 0.2) is 24.3 Å². The minimum absolute atomic E-state index is 0.0642. The highest BCUT2D eigenvalue weighted by molar-refractivity contribution is 5.26. The molecule has 1 aromatic rings. The van der Waals surface area contributed by atoms with Crippen LogP contribution < -0.4 is 0 Å². The van der Waals surface area contributed by atoms with E-state index in [1.165, 1.54) is 82.6 Å². The second kappa shape index (κ2) is 11.9. The first-order valence-electron chi connectivity index (χ1n) is 13.1. The number of nitrogens with zero attached hydrogens (tertiary/aromatic N) is 1. The van der Waals surface area contributed by atoms with Crippen LogP contribution in [0.2, 0.25) is 0 Å². The highest BCUT2D eigenvalue weighted by Gasteiger charge is 2.34. The average molecular weight is 408 g/mol. The van der Waals surface area contributed by atoms with Gasteiger partial charge in [-0.25, -0.2) is 0 Å². The fourth-order valence-corrected chi connectivity index (χ4v) is 6.21. The van der Waals surface area contributed by atoms with Crippen LogP contribution in [0.1, 0.15) is 127 Å². The van der Waals surface area contributed by atoms with E-state index in [9.17, 15) is 5.26 Å². The number of hydrogen-bond donors (Lipinski definition) is 0. The minimum Gasteiger partial charge on any atom is -0.198 e. The zero-order valence-electron chi connectivity index (χ0n) is 19.8. The number of unbranched alkanes of at least 4 members (excludes halogenated alkanes) is 4. The highest BCUT2D eigenvalue weighted by atomic mass is 14.4. The standard InChI is InChI=1S/C29H45N/c1-3-4-5-6-7-10-25-11-15-27(16-12-25)28-17-13-26(14-18-28)19-21-29(23-30)20-8-9-24(2)22-29/h13-14,17-18,24-25,27H,3-12,15-16,19-22H2,1-2H3. The monoisotopic (exact) mass is 407 g/mol. The molecule has 2 aliphatic rings. The van der Waals surface area contributed by atoms with Crippen LogP contribution in [-0.4, -0.2) is 0 Å². The van der Waals surface area contributed by atoms with Gasteiger partial charge in [0.25, 0.3) is 0 Å². The van der Waals surface area contributed by atoms with Crippen molar-refractivity contribution in [1.82, 2.24) is 0 Å². The second-order valence-electron chi connectivity index (χ2n) is 10.8. The molecule has 166 valence electrons. The Morgan fingerprint density at radius 3 is 2.37 bits per heavy atom. The molecule has 2 atom stereocenters. The maximum Gasteiger partial charge on any atom is 0.0689 e. The number of benzene rings is 1. The molecule has 0 aliphatic heterocycles. The Hall–Kier alpha value is -1.29. The van der Waals surface area contributed by atoms with Crippen molar-refractivity contribution in [2.75, 3.05) is 0 Å². The lowest BCUT2D eigenvalue weighted by molar-refractivity contribution is 0.197. The van der Waals surface area contributed by atoms with Crippen molar-refractivity contribution < 1.29 is 0 Å². The maximum absolute atomic E-state index is 9.82. The summed E-state index contributed by atoms with van der Waals surface area (Å²) in [5.41, 5.74) is 2.92. The molecule has 1 aromatic carbocycles. The van der Waals surface area contributed by atoms with Gasteiger partial charge in [-0.15, -0.1) is 0 Å². The summed E-state index contributed by atoms with van der Waals surface area (Å²) in [5, 5.41) is 9.82. The van der Waals surface area contributed by atoms with Crippen LogP contribution >= 0.6 is 0 Å². The summed E-state index contributed by atoms with van der Waals surface area (Å²) in [5.74, 6) is 2.48. The Bertz CT molecular complexity index is 646. The van der Waals surface area contributed by atoms with Crippen molar-refractivity contribution >= 4 is 0 Å². The molecule has 0 N–H and O–H groups in total. The largest absolute Gasteiger partial charge is 0.198 e. The van der Waals surface area contributed by atoms with Gasteiger partial charge in [0.2, 0.25) is 0 Å². The molecule has 2 fully saturated rings. The first-order valence-corrected chi connectivity index (χ1v) is 13.1.